The lowest BCUT2D eigenvalue weighted by Gasteiger charge is -2.26. The van der Waals surface area contributed by atoms with Crippen molar-refractivity contribution in [3.05, 3.63) is 11.6 Å². The topological polar surface area (TPSA) is 104 Å². The zero-order valence-electron chi connectivity index (χ0n) is 8.97. The van der Waals surface area contributed by atoms with Gasteiger partial charge in [0.05, 0.1) is 19.4 Å². The summed E-state index contributed by atoms with van der Waals surface area (Å²) in [7, 11) is 0. The van der Waals surface area contributed by atoms with Crippen LogP contribution in [0.4, 0.5) is 5.82 Å². The third kappa shape index (κ3) is 1.76. The Labute approximate surface area is 105 Å². The number of nitrogens with zero attached hydrogens (tertiary/aromatic N) is 4. The molecule has 8 nitrogen and oxygen atoms in total. The molecule has 0 spiro atoms. The molecular weight excluding hydrogens is 260 g/mol. The smallest absolute Gasteiger partial charge is 0.246 e. The maximum Gasteiger partial charge on any atom is 0.246 e. The van der Waals surface area contributed by atoms with E-state index in [9.17, 15) is 9.59 Å². The predicted octanol–water partition coefficient (Wildman–Crippen LogP) is -0.531. The first kappa shape index (κ1) is 10.9. The molecule has 0 atom stereocenters. The summed E-state index contributed by atoms with van der Waals surface area (Å²) >= 11 is 5.78. The molecular formula is C9H7ClN6O2. The fourth-order valence-electron chi connectivity index (χ4n) is 1.81. The molecule has 2 amide bonds. The Morgan fingerprint density at radius 2 is 1.94 bits per heavy atom. The number of anilines is 1. The van der Waals surface area contributed by atoms with E-state index >= 15 is 0 Å². The second kappa shape index (κ2) is 3.91. The van der Waals surface area contributed by atoms with E-state index in [1.54, 1.807) is 0 Å². The Hall–Kier alpha value is -2.22. The molecule has 1 saturated heterocycles. The summed E-state index contributed by atoms with van der Waals surface area (Å²) in [6, 6.07) is 0. The average molecular weight is 267 g/mol. The monoisotopic (exact) mass is 266 g/mol. The number of imidazole rings is 1. The Balaban J connectivity index is 2.10. The Bertz CT molecular complexity index is 638. The lowest BCUT2D eigenvalue weighted by atomic mass is 10.3. The number of aromatic nitrogens is 4. The van der Waals surface area contributed by atoms with Crippen LogP contribution in [0.1, 0.15) is 0 Å². The van der Waals surface area contributed by atoms with Crippen molar-refractivity contribution < 1.29 is 9.59 Å². The van der Waals surface area contributed by atoms with Crippen molar-refractivity contribution in [2.75, 3.05) is 18.0 Å². The number of aromatic amines is 1. The molecule has 2 aromatic heterocycles. The average Bonchev–Trinajstić information content (AvgIpc) is 2.74. The zero-order valence-corrected chi connectivity index (χ0v) is 9.73. The minimum atomic E-state index is -0.381. The fourth-order valence-corrected chi connectivity index (χ4v) is 1.97. The summed E-state index contributed by atoms with van der Waals surface area (Å²) < 4.78 is 0. The van der Waals surface area contributed by atoms with Gasteiger partial charge in [-0.05, 0) is 11.6 Å². The van der Waals surface area contributed by atoms with Crippen LogP contribution < -0.4 is 10.2 Å². The molecule has 1 aliphatic heterocycles. The number of amides is 2. The first-order valence-electron chi connectivity index (χ1n) is 5.08. The number of halogens is 1. The van der Waals surface area contributed by atoms with Gasteiger partial charge in [-0.25, -0.2) is 4.98 Å². The van der Waals surface area contributed by atoms with Crippen molar-refractivity contribution in [3.8, 4) is 0 Å². The van der Waals surface area contributed by atoms with E-state index in [0.717, 1.165) is 0 Å². The van der Waals surface area contributed by atoms with Gasteiger partial charge in [-0.1, -0.05) is 0 Å². The number of carbonyl (C=O) groups is 2. The number of imide groups is 1. The Kier molecular flexibility index (Phi) is 2.37. The predicted molar refractivity (Wildman–Crippen MR) is 62.1 cm³/mol. The Morgan fingerprint density at radius 1 is 1.22 bits per heavy atom. The van der Waals surface area contributed by atoms with Gasteiger partial charge in [-0.2, -0.15) is 9.97 Å². The molecule has 0 saturated carbocycles. The molecule has 0 radical (unpaired) electrons. The summed E-state index contributed by atoms with van der Waals surface area (Å²) in [5, 5.41) is 2.23. The summed E-state index contributed by atoms with van der Waals surface area (Å²) in [6.45, 7) is 0.0698. The van der Waals surface area contributed by atoms with Gasteiger partial charge in [0.25, 0.3) is 0 Å². The van der Waals surface area contributed by atoms with Gasteiger partial charge >= 0.3 is 0 Å². The molecule has 3 rings (SSSR count). The quantitative estimate of drug-likeness (QED) is 0.531. The van der Waals surface area contributed by atoms with E-state index in [-0.39, 0.29) is 30.2 Å². The van der Waals surface area contributed by atoms with Crippen molar-refractivity contribution in [1.82, 2.24) is 25.3 Å². The number of nitrogens with one attached hydrogen (secondary N) is 2. The number of carbonyl (C=O) groups excluding carboxylic acids is 2. The second-order valence-corrected chi connectivity index (χ2v) is 4.08. The fraction of sp³-hybridized carbons (Fsp3) is 0.222. The summed E-state index contributed by atoms with van der Waals surface area (Å²) in [5.74, 6) is -0.368. The number of rotatable bonds is 1. The molecule has 3 heterocycles. The standard InChI is InChI=1S/C9H7ClN6O2/c10-9-14-7-6(11-3-12-7)8(15-9)16-1-4(17)13-5(18)2-16/h3H,1-2H2,(H,13,17,18)(H,11,12,14,15). The van der Waals surface area contributed by atoms with Crippen LogP contribution in [0.2, 0.25) is 5.28 Å². The number of hydrogen-bond donors (Lipinski definition) is 2. The maximum absolute atomic E-state index is 11.3. The van der Waals surface area contributed by atoms with Crippen LogP contribution in [-0.4, -0.2) is 44.8 Å². The third-order valence-electron chi connectivity index (χ3n) is 2.49. The molecule has 0 aliphatic carbocycles. The number of fused-ring (bicyclic) bond motifs is 1. The molecule has 2 aromatic rings. The molecule has 0 bridgehead atoms. The third-order valence-corrected chi connectivity index (χ3v) is 2.66. The van der Waals surface area contributed by atoms with Gasteiger partial charge in [0, 0.05) is 0 Å². The molecule has 2 N–H and O–H groups in total. The summed E-state index contributed by atoms with van der Waals surface area (Å²) in [5.41, 5.74) is 0.935. The summed E-state index contributed by atoms with van der Waals surface area (Å²) in [6.07, 6.45) is 1.45. The van der Waals surface area contributed by atoms with Crippen LogP contribution >= 0.6 is 11.6 Å². The number of H-pyrrole nitrogens is 1. The molecule has 9 heteroatoms. The molecule has 1 aliphatic rings. The van der Waals surface area contributed by atoms with Crippen molar-refractivity contribution in [3.63, 3.8) is 0 Å². The van der Waals surface area contributed by atoms with Crippen molar-refractivity contribution in [2.45, 2.75) is 0 Å². The number of piperazine rings is 1. The van der Waals surface area contributed by atoms with E-state index in [1.165, 1.54) is 11.2 Å². The molecule has 18 heavy (non-hydrogen) atoms. The van der Waals surface area contributed by atoms with Gasteiger partial charge in [0.15, 0.2) is 11.5 Å². The van der Waals surface area contributed by atoms with Gasteiger partial charge in [0.2, 0.25) is 17.1 Å². The molecule has 1 fully saturated rings. The van der Waals surface area contributed by atoms with Crippen LogP contribution in [0.15, 0.2) is 6.33 Å². The second-order valence-electron chi connectivity index (χ2n) is 3.74. The lowest BCUT2D eigenvalue weighted by molar-refractivity contribution is -0.130. The van der Waals surface area contributed by atoms with Gasteiger partial charge in [-0.3, -0.25) is 14.9 Å². The van der Waals surface area contributed by atoms with Crippen LogP contribution in [-0.2, 0) is 9.59 Å². The van der Waals surface area contributed by atoms with E-state index in [2.05, 4.69) is 25.3 Å². The molecule has 92 valence electrons. The largest absolute Gasteiger partial charge is 0.340 e. The highest BCUT2D eigenvalue weighted by Crippen LogP contribution is 2.22. The van der Waals surface area contributed by atoms with E-state index < -0.39 is 0 Å². The minimum Gasteiger partial charge on any atom is -0.340 e. The van der Waals surface area contributed by atoms with E-state index in [0.29, 0.717) is 17.0 Å². The normalized spacial score (nSPS) is 16.2. The summed E-state index contributed by atoms with van der Waals surface area (Å²) in [4.78, 5) is 39.0. The first-order chi connectivity index (χ1) is 8.63. The van der Waals surface area contributed by atoms with Crippen LogP contribution in [0.25, 0.3) is 11.2 Å². The van der Waals surface area contributed by atoms with Gasteiger partial charge in [0.1, 0.15) is 5.52 Å². The van der Waals surface area contributed by atoms with E-state index in [1.807, 2.05) is 0 Å². The van der Waals surface area contributed by atoms with E-state index in [4.69, 9.17) is 11.6 Å². The van der Waals surface area contributed by atoms with Crippen LogP contribution in [0.5, 0.6) is 0 Å². The highest BCUT2D eigenvalue weighted by atomic mass is 35.5. The SMILES string of the molecule is O=C1CN(c2nc(Cl)nc3nc[nH]c23)CC(=O)N1. The van der Waals surface area contributed by atoms with Crippen molar-refractivity contribution in [2.24, 2.45) is 0 Å². The molecule has 0 unspecified atom stereocenters. The first-order valence-corrected chi connectivity index (χ1v) is 5.45. The highest BCUT2D eigenvalue weighted by molar-refractivity contribution is 6.28. The van der Waals surface area contributed by atoms with Crippen molar-refractivity contribution in [1.29, 1.82) is 0 Å². The lowest BCUT2D eigenvalue weighted by Crippen LogP contribution is -2.51. The van der Waals surface area contributed by atoms with Gasteiger partial charge in [-0.15, -0.1) is 0 Å². The Morgan fingerprint density at radius 3 is 2.67 bits per heavy atom. The van der Waals surface area contributed by atoms with Crippen LogP contribution in [0.3, 0.4) is 0 Å². The minimum absolute atomic E-state index is 0.0167. The maximum atomic E-state index is 11.3. The van der Waals surface area contributed by atoms with Crippen LogP contribution in [0, 0.1) is 0 Å². The number of hydrogen-bond acceptors (Lipinski definition) is 6. The van der Waals surface area contributed by atoms with Gasteiger partial charge < -0.3 is 9.88 Å². The van der Waals surface area contributed by atoms with Crippen molar-refractivity contribution >= 4 is 40.4 Å². The highest BCUT2D eigenvalue weighted by Gasteiger charge is 2.26. The zero-order chi connectivity index (χ0) is 12.7. The molecule has 0 aromatic carbocycles.